The molecular weight excluding hydrogens is 264 g/mol. The highest BCUT2D eigenvalue weighted by atomic mass is 16.5. The SMILES string of the molecule is COc1cccc(C(C(C)N)N2C3CCC2CC(O)C3)c1. The van der Waals surface area contributed by atoms with Gasteiger partial charge in [-0.1, -0.05) is 12.1 Å². The zero-order chi connectivity index (χ0) is 15.0. The van der Waals surface area contributed by atoms with Crippen molar-refractivity contribution in [3.05, 3.63) is 29.8 Å². The van der Waals surface area contributed by atoms with Crippen molar-refractivity contribution in [1.82, 2.24) is 4.90 Å². The van der Waals surface area contributed by atoms with Crippen molar-refractivity contribution < 1.29 is 9.84 Å². The molecule has 4 unspecified atom stereocenters. The first-order valence-electron chi connectivity index (χ1n) is 7.95. The smallest absolute Gasteiger partial charge is 0.119 e. The number of ether oxygens (including phenoxy) is 1. The van der Waals surface area contributed by atoms with Crippen LogP contribution in [0.15, 0.2) is 24.3 Å². The van der Waals surface area contributed by atoms with E-state index < -0.39 is 0 Å². The van der Waals surface area contributed by atoms with Crippen LogP contribution in [0.4, 0.5) is 0 Å². The quantitative estimate of drug-likeness (QED) is 0.891. The average molecular weight is 290 g/mol. The molecule has 2 saturated heterocycles. The van der Waals surface area contributed by atoms with E-state index in [-0.39, 0.29) is 18.2 Å². The molecule has 4 heteroatoms. The molecule has 1 aromatic carbocycles. The normalized spacial score (nSPS) is 31.9. The van der Waals surface area contributed by atoms with Gasteiger partial charge in [0.05, 0.1) is 19.3 Å². The van der Waals surface area contributed by atoms with Crippen molar-refractivity contribution in [3.8, 4) is 5.75 Å². The van der Waals surface area contributed by atoms with Gasteiger partial charge in [-0.15, -0.1) is 0 Å². The maximum Gasteiger partial charge on any atom is 0.119 e. The van der Waals surface area contributed by atoms with Crippen LogP contribution in [-0.2, 0) is 0 Å². The molecule has 2 bridgehead atoms. The van der Waals surface area contributed by atoms with Gasteiger partial charge < -0.3 is 15.6 Å². The van der Waals surface area contributed by atoms with Crippen LogP contribution in [0.3, 0.4) is 0 Å². The molecule has 3 rings (SSSR count). The number of aliphatic hydroxyl groups excluding tert-OH is 1. The van der Waals surface area contributed by atoms with E-state index in [1.165, 1.54) is 18.4 Å². The van der Waals surface area contributed by atoms with Crippen molar-refractivity contribution in [2.24, 2.45) is 5.73 Å². The van der Waals surface area contributed by atoms with E-state index in [0.29, 0.717) is 12.1 Å². The van der Waals surface area contributed by atoms with Gasteiger partial charge in [-0.2, -0.15) is 0 Å². The van der Waals surface area contributed by atoms with Crippen molar-refractivity contribution in [1.29, 1.82) is 0 Å². The lowest BCUT2D eigenvalue weighted by Crippen LogP contribution is -2.50. The molecule has 0 radical (unpaired) electrons. The molecule has 4 atom stereocenters. The summed E-state index contributed by atoms with van der Waals surface area (Å²) in [6.07, 6.45) is 3.97. The average Bonchev–Trinajstić information content (AvgIpc) is 2.71. The lowest BCUT2D eigenvalue weighted by atomic mass is 9.91. The molecule has 21 heavy (non-hydrogen) atoms. The Kier molecular flexibility index (Phi) is 4.20. The maximum atomic E-state index is 10.0. The van der Waals surface area contributed by atoms with Gasteiger partial charge in [0.2, 0.25) is 0 Å². The monoisotopic (exact) mass is 290 g/mol. The number of aliphatic hydroxyl groups is 1. The van der Waals surface area contributed by atoms with E-state index in [1.54, 1.807) is 7.11 Å². The Hall–Kier alpha value is -1.10. The van der Waals surface area contributed by atoms with Crippen LogP contribution >= 0.6 is 0 Å². The minimum Gasteiger partial charge on any atom is -0.497 e. The van der Waals surface area contributed by atoms with Crippen LogP contribution in [0, 0.1) is 0 Å². The highest BCUT2D eigenvalue weighted by Crippen LogP contribution is 2.42. The van der Waals surface area contributed by atoms with E-state index >= 15 is 0 Å². The van der Waals surface area contributed by atoms with Gasteiger partial charge in [0.1, 0.15) is 5.75 Å². The Morgan fingerprint density at radius 2 is 1.95 bits per heavy atom. The molecule has 2 heterocycles. The summed E-state index contributed by atoms with van der Waals surface area (Å²) >= 11 is 0. The third-order valence-corrected chi connectivity index (χ3v) is 5.02. The third kappa shape index (κ3) is 2.80. The molecule has 2 aliphatic rings. The van der Waals surface area contributed by atoms with E-state index in [1.807, 2.05) is 12.1 Å². The molecular formula is C17H26N2O2. The minimum absolute atomic E-state index is 0.0513. The van der Waals surface area contributed by atoms with Gasteiger partial charge in [-0.25, -0.2) is 0 Å². The summed E-state index contributed by atoms with van der Waals surface area (Å²) < 4.78 is 5.36. The Morgan fingerprint density at radius 1 is 1.29 bits per heavy atom. The summed E-state index contributed by atoms with van der Waals surface area (Å²) in [6, 6.07) is 9.41. The summed E-state index contributed by atoms with van der Waals surface area (Å²) in [7, 11) is 1.70. The topological polar surface area (TPSA) is 58.7 Å². The third-order valence-electron chi connectivity index (χ3n) is 5.02. The van der Waals surface area contributed by atoms with Gasteiger partial charge in [0, 0.05) is 18.1 Å². The van der Waals surface area contributed by atoms with E-state index in [0.717, 1.165) is 18.6 Å². The van der Waals surface area contributed by atoms with E-state index in [4.69, 9.17) is 10.5 Å². The van der Waals surface area contributed by atoms with E-state index in [2.05, 4.69) is 24.0 Å². The number of nitrogens with two attached hydrogens (primary N) is 1. The highest BCUT2D eigenvalue weighted by molar-refractivity contribution is 5.32. The Balaban J connectivity index is 1.91. The van der Waals surface area contributed by atoms with Crippen molar-refractivity contribution in [3.63, 3.8) is 0 Å². The number of benzene rings is 1. The fourth-order valence-electron chi connectivity index (χ4n) is 4.21. The molecule has 0 aromatic heterocycles. The fraction of sp³-hybridized carbons (Fsp3) is 0.647. The highest BCUT2D eigenvalue weighted by Gasteiger charge is 2.44. The first-order chi connectivity index (χ1) is 10.1. The van der Waals surface area contributed by atoms with Crippen LogP contribution in [-0.4, -0.2) is 41.3 Å². The molecule has 4 nitrogen and oxygen atoms in total. The standard InChI is InChI=1S/C17H26N2O2/c1-11(18)17(12-4-3-5-16(8-12)21-2)19-13-6-7-14(19)10-15(20)9-13/h3-5,8,11,13-15,17,20H,6-7,9-10,18H2,1-2H3. The zero-order valence-corrected chi connectivity index (χ0v) is 12.9. The van der Waals surface area contributed by atoms with Gasteiger partial charge >= 0.3 is 0 Å². The lowest BCUT2D eigenvalue weighted by Gasteiger charge is -2.44. The number of fused-ring (bicyclic) bond motifs is 2. The molecule has 0 aliphatic carbocycles. The first kappa shape index (κ1) is 14.8. The van der Waals surface area contributed by atoms with Crippen molar-refractivity contribution in [2.75, 3.05) is 7.11 Å². The lowest BCUT2D eigenvalue weighted by molar-refractivity contribution is 0.00407. The number of nitrogens with zero attached hydrogens (tertiary/aromatic N) is 1. The largest absolute Gasteiger partial charge is 0.497 e. The maximum absolute atomic E-state index is 10.0. The summed E-state index contributed by atoms with van der Waals surface area (Å²) in [5.41, 5.74) is 7.55. The summed E-state index contributed by atoms with van der Waals surface area (Å²) in [6.45, 7) is 2.08. The van der Waals surface area contributed by atoms with Crippen LogP contribution in [0.2, 0.25) is 0 Å². The molecule has 1 aromatic rings. The second-order valence-corrected chi connectivity index (χ2v) is 6.54. The van der Waals surface area contributed by atoms with Crippen LogP contribution in [0.5, 0.6) is 5.75 Å². The second-order valence-electron chi connectivity index (χ2n) is 6.54. The number of hydrogen-bond acceptors (Lipinski definition) is 4. The molecule has 116 valence electrons. The Morgan fingerprint density at radius 3 is 2.52 bits per heavy atom. The van der Waals surface area contributed by atoms with Crippen molar-refractivity contribution >= 4 is 0 Å². The Bertz CT molecular complexity index is 477. The molecule has 2 fully saturated rings. The van der Waals surface area contributed by atoms with Crippen molar-refractivity contribution in [2.45, 2.75) is 62.9 Å². The zero-order valence-electron chi connectivity index (χ0n) is 12.9. The summed E-state index contributed by atoms with van der Waals surface area (Å²) in [5.74, 6) is 0.877. The first-order valence-corrected chi connectivity index (χ1v) is 7.95. The molecule has 0 spiro atoms. The number of rotatable bonds is 4. The van der Waals surface area contributed by atoms with Gasteiger partial charge in [0.15, 0.2) is 0 Å². The predicted octanol–water partition coefficient (Wildman–Crippen LogP) is 2.07. The number of methoxy groups -OCH3 is 1. The number of hydrogen-bond donors (Lipinski definition) is 2. The fourth-order valence-corrected chi connectivity index (χ4v) is 4.21. The summed E-state index contributed by atoms with van der Waals surface area (Å²) in [4.78, 5) is 2.56. The van der Waals surface area contributed by atoms with E-state index in [9.17, 15) is 5.11 Å². The molecule has 0 saturated carbocycles. The second kappa shape index (κ2) is 5.95. The van der Waals surface area contributed by atoms with Crippen LogP contribution in [0.1, 0.15) is 44.2 Å². The van der Waals surface area contributed by atoms with Gasteiger partial charge in [0.25, 0.3) is 0 Å². The number of piperidine rings is 1. The van der Waals surface area contributed by atoms with Gasteiger partial charge in [-0.05, 0) is 50.3 Å². The molecule has 3 N–H and O–H groups in total. The summed E-state index contributed by atoms with van der Waals surface area (Å²) in [5, 5.41) is 10.0. The predicted molar refractivity (Wildman–Crippen MR) is 83.3 cm³/mol. The van der Waals surface area contributed by atoms with Crippen LogP contribution in [0.25, 0.3) is 0 Å². The minimum atomic E-state index is -0.141. The molecule has 2 aliphatic heterocycles. The van der Waals surface area contributed by atoms with Crippen LogP contribution < -0.4 is 10.5 Å². The van der Waals surface area contributed by atoms with Gasteiger partial charge in [-0.3, -0.25) is 4.90 Å². The Labute approximate surface area is 126 Å². The molecule has 0 amide bonds.